The Morgan fingerprint density at radius 2 is 1.85 bits per heavy atom. The van der Waals surface area contributed by atoms with Gasteiger partial charge in [0.1, 0.15) is 0 Å². The fraction of sp³-hybridized carbons (Fsp3) is 0.167. The van der Waals surface area contributed by atoms with Crippen LogP contribution in [0.5, 0.6) is 0 Å². The van der Waals surface area contributed by atoms with E-state index in [9.17, 15) is 14.9 Å². The Labute approximate surface area is 159 Å². The van der Waals surface area contributed by atoms with E-state index in [2.05, 4.69) is 15.2 Å². The van der Waals surface area contributed by atoms with E-state index in [1.165, 1.54) is 28.8 Å². The molecule has 3 aromatic rings. The summed E-state index contributed by atoms with van der Waals surface area (Å²) in [6.45, 7) is 2.01. The number of carbonyl (C=O) groups excluding carboxylic acids is 1. The summed E-state index contributed by atoms with van der Waals surface area (Å²) in [7, 11) is 1.62. The summed E-state index contributed by atoms with van der Waals surface area (Å²) < 4.78 is 0. The molecule has 0 aliphatic rings. The van der Waals surface area contributed by atoms with Crippen molar-refractivity contribution in [1.29, 1.82) is 0 Å². The van der Waals surface area contributed by atoms with Gasteiger partial charge in [0.15, 0.2) is 5.82 Å². The van der Waals surface area contributed by atoms with Crippen molar-refractivity contribution in [3.05, 3.63) is 64.2 Å². The van der Waals surface area contributed by atoms with E-state index in [1.807, 2.05) is 31.2 Å². The predicted molar refractivity (Wildman–Crippen MR) is 104 cm³/mol. The third-order valence-electron chi connectivity index (χ3n) is 3.94. The summed E-state index contributed by atoms with van der Waals surface area (Å²) in [5.41, 5.74) is 2.65. The fourth-order valence-electron chi connectivity index (χ4n) is 2.32. The van der Waals surface area contributed by atoms with Crippen molar-refractivity contribution < 1.29 is 9.72 Å². The van der Waals surface area contributed by atoms with Gasteiger partial charge in [-0.3, -0.25) is 20.0 Å². The molecule has 0 saturated carbocycles. The first-order chi connectivity index (χ1) is 12.9. The summed E-state index contributed by atoms with van der Waals surface area (Å²) >= 11 is 1.23. The van der Waals surface area contributed by atoms with E-state index < -0.39 is 4.92 Å². The molecule has 0 unspecified atom stereocenters. The summed E-state index contributed by atoms with van der Waals surface area (Å²) in [5.74, 6) is 0.641. The maximum Gasteiger partial charge on any atom is 0.269 e. The molecule has 1 amide bonds. The lowest BCUT2D eigenvalue weighted by Crippen LogP contribution is -2.27. The number of aromatic amines is 1. The van der Waals surface area contributed by atoms with Crippen LogP contribution in [0.4, 0.5) is 11.4 Å². The van der Waals surface area contributed by atoms with Crippen LogP contribution in [0.1, 0.15) is 5.56 Å². The molecule has 0 bridgehead atoms. The monoisotopic (exact) mass is 383 g/mol. The van der Waals surface area contributed by atoms with Crippen molar-refractivity contribution in [3.63, 3.8) is 0 Å². The summed E-state index contributed by atoms with van der Waals surface area (Å²) in [4.78, 5) is 28.4. The summed E-state index contributed by atoms with van der Waals surface area (Å²) in [6, 6.07) is 13.7. The van der Waals surface area contributed by atoms with Gasteiger partial charge in [-0.15, -0.1) is 5.10 Å². The number of H-pyrrole nitrogens is 1. The zero-order chi connectivity index (χ0) is 19.4. The molecule has 0 spiro atoms. The highest BCUT2D eigenvalue weighted by molar-refractivity contribution is 7.99. The molecule has 27 heavy (non-hydrogen) atoms. The number of hydrogen-bond donors (Lipinski definition) is 1. The van der Waals surface area contributed by atoms with Crippen LogP contribution in [0.25, 0.3) is 11.4 Å². The van der Waals surface area contributed by atoms with Gasteiger partial charge in [-0.1, -0.05) is 41.6 Å². The number of nitrogens with one attached hydrogen (secondary N) is 1. The Hall–Kier alpha value is -3.20. The second-order valence-corrected chi connectivity index (χ2v) is 6.79. The molecule has 0 saturated heterocycles. The van der Waals surface area contributed by atoms with Crippen LogP contribution >= 0.6 is 11.8 Å². The van der Waals surface area contributed by atoms with Gasteiger partial charge in [0.05, 0.1) is 10.7 Å². The van der Waals surface area contributed by atoms with Gasteiger partial charge in [-0.2, -0.15) is 0 Å². The largest absolute Gasteiger partial charge is 0.315 e. The first-order valence-corrected chi connectivity index (χ1v) is 9.06. The molecule has 0 atom stereocenters. The maximum atomic E-state index is 12.4. The SMILES string of the molecule is Cc1ccc(-c2nc(SCC(=O)N(C)c3ccc([N+](=O)[O-])cc3)n[nH]2)cc1. The molecule has 0 aliphatic heterocycles. The van der Waals surface area contributed by atoms with Crippen LogP contribution in [-0.2, 0) is 4.79 Å². The number of carbonyl (C=O) groups is 1. The number of thioether (sulfide) groups is 1. The van der Waals surface area contributed by atoms with E-state index in [1.54, 1.807) is 19.2 Å². The van der Waals surface area contributed by atoms with E-state index in [0.29, 0.717) is 16.7 Å². The number of benzene rings is 2. The number of nitro groups is 1. The van der Waals surface area contributed by atoms with Crippen molar-refractivity contribution in [3.8, 4) is 11.4 Å². The Morgan fingerprint density at radius 3 is 2.48 bits per heavy atom. The molecular formula is C18H17N5O3S. The lowest BCUT2D eigenvalue weighted by molar-refractivity contribution is -0.384. The topological polar surface area (TPSA) is 105 Å². The Balaban J connectivity index is 1.60. The number of anilines is 1. The van der Waals surface area contributed by atoms with Gasteiger partial charge in [0.25, 0.3) is 5.69 Å². The van der Waals surface area contributed by atoms with Crippen molar-refractivity contribution in [2.45, 2.75) is 12.1 Å². The molecule has 0 aliphatic carbocycles. The number of rotatable bonds is 6. The number of nitrogens with zero attached hydrogens (tertiary/aromatic N) is 4. The van der Waals surface area contributed by atoms with Gasteiger partial charge in [0.2, 0.25) is 11.1 Å². The third kappa shape index (κ3) is 4.50. The van der Waals surface area contributed by atoms with Crippen LogP contribution < -0.4 is 4.90 Å². The molecule has 1 heterocycles. The number of hydrogen-bond acceptors (Lipinski definition) is 6. The highest BCUT2D eigenvalue weighted by atomic mass is 32.2. The maximum absolute atomic E-state index is 12.4. The number of nitro benzene ring substituents is 1. The van der Waals surface area contributed by atoms with Crippen molar-refractivity contribution in [1.82, 2.24) is 15.2 Å². The van der Waals surface area contributed by atoms with E-state index in [0.717, 1.165) is 11.1 Å². The zero-order valence-electron chi connectivity index (χ0n) is 14.7. The molecule has 0 fully saturated rings. The third-order valence-corrected chi connectivity index (χ3v) is 4.77. The quantitative estimate of drug-likeness (QED) is 0.397. The summed E-state index contributed by atoms with van der Waals surface area (Å²) in [6.07, 6.45) is 0. The van der Waals surface area contributed by atoms with Crippen LogP contribution in [-0.4, -0.2) is 38.8 Å². The fourth-order valence-corrected chi connectivity index (χ4v) is 3.03. The number of amides is 1. The minimum Gasteiger partial charge on any atom is -0.315 e. The predicted octanol–water partition coefficient (Wildman–Crippen LogP) is 3.44. The highest BCUT2D eigenvalue weighted by Crippen LogP contribution is 2.22. The van der Waals surface area contributed by atoms with E-state index >= 15 is 0 Å². The average molecular weight is 383 g/mol. The van der Waals surface area contributed by atoms with E-state index in [-0.39, 0.29) is 17.3 Å². The summed E-state index contributed by atoms with van der Waals surface area (Å²) in [5, 5.41) is 18.2. The molecule has 0 radical (unpaired) electrons. The van der Waals surface area contributed by atoms with Crippen molar-refractivity contribution in [2.75, 3.05) is 17.7 Å². The normalized spacial score (nSPS) is 10.6. The number of aryl methyl sites for hydroxylation is 1. The second kappa shape index (κ2) is 8.00. The van der Waals surface area contributed by atoms with Crippen LogP contribution in [0, 0.1) is 17.0 Å². The van der Waals surface area contributed by atoms with E-state index in [4.69, 9.17) is 0 Å². The average Bonchev–Trinajstić information content (AvgIpc) is 3.15. The van der Waals surface area contributed by atoms with Crippen molar-refractivity contribution >= 4 is 29.0 Å². The second-order valence-electron chi connectivity index (χ2n) is 5.85. The van der Waals surface area contributed by atoms with Gasteiger partial charge in [-0.05, 0) is 19.1 Å². The minimum atomic E-state index is -0.476. The molecular weight excluding hydrogens is 366 g/mol. The first kappa shape index (κ1) is 18.6. The van der Waals surface area contributed by atoms with Crippen molar-refractivity contribution in [2.24, 2.45) is 0 Å². The minimum absolute atomic E-state index is 0.0154. The molecule has 8 nitrogen and oxygen atoms in total. The molecule has 1 aromatic heterocycles. The lowest BCUT2D eigenvalue weighted by atomic mass is 10.1. The molecule has 1 N–H and O–H groups in total. The first-order valence-electron chi connectivity index (χ1n) is 8.07. The zero-order valence-corrected chi connectivity index (χ0v) is 15.6. The van der Waals surface area contributed by atoms with Gasteiger partial charge in [0, 0.05) is 30.4 Å². The Morgan fingerprint density at radius 1 is 1.19 bits per heavy atom. The molecule has 138 valence electrons. The highest BCUT2D eigenvalue weighted by Gasteiger charge is 2.15. The molecule has 3 rings (SSSR count). The van der Waals surface area contributed by atoms with Crippen LogP contribution in [0.2, 0.25) is 0 Å². The standard InChI is InChI=1S/C18H17N5O3S/c1-12-3-5-13(6-4-12)17-19-18(21-20-17)27-11-16(24)22(2)14-7-9-15(10-8-14)23(25)26/h3-10H,11H2,1-2H3,(H,19,20,21). The van der Waals surface area contributed by atoms with Gasteiger partial charge < -0.3 is 4.90 Å². The number of non-ortho nitro benzene ring substituents is 1. The lowest BCUT2D eigenvalue weighted by Gasteiger charge is -2.16. The van der Waals surface area contributed by atoms with Gasteiger partial charge >= 0.3 is 0 Å². The Kier molecular flexibility index (Phi) is 5.51. The number of aromatic nitrogens is 3. The smallest absolute Gasteiger partial charge is 0.269 e. The van der Waals surface area contributed by atoms with Crippen LogP contribution in [0.15, 0.2) is 53.7 Å². The molecule has 2 aromatic carbocycles. The molecule has 9 heteroatoms. The van der Waals surface area contributed by atoms with Gasteiger partial charge in [-0.25, -0.2) is 4.98 Å². The van der Waals surface area contributed by atoms with Crippen LogP contribution in [0.3, 0.4) is 0 Å². The Bertz CT molecular complexity index is 954.